The summed E-state index contributed by atoms with van der Waals surface area (Å²) in [5.74, 6) is -2.15. The number of allylic oxidation sites excluding steroid dienone is 2. The molecule has 1 saturated carbocycles. The molecule has 0 aliphatic heterocycles. The van der Waals surface area contributed by atoms with Crippen LogP contribution in [0.3, 0.4) is 0 Å². The van der Waals surface area contributed by atoms with E-state index >= 15 is 0 Å². The van der Waals surface area contributed by atoms with E-state index in [9.17, 15) is 19.8 Å². The van der Waals surface area contributed by atoms with Gasteiger partial charge in [0.05, 0.1) is 0 Å². The molecule has 0 radical (unpaired) electrons. The summed E-state index contributed by atoms with van der Waals surface area (Å²) < 4.78 is 0. The third kappa shape index (κ3) is 1.17. The molecule has 4 aliphatic rings. The Kier molecular flexibility index (Phi) is 2.09. The van der Waals surface area contributed by atoms with Crippen LogP contribution < -0.4 is 0 Å². The molecule has 0 spiro atoms. The normalized spacial score (nSPS) is 53.8. The van der Waals surface area contributed by atoms with Crippen molar-refractivity contribution < 1.29 is 19.8 Å². The topological polar surface area (TPSA) is 74.6 Å². The monoisotopic (exact) mass is 248 g/mol. The van der Waals surface area contributed by atoms with Crippen molar-refractivity contribution in [3.8, 4) is 0 Å². The second-order valence-corrected chi connectivity index (χ2v) is 5.92. The molecule has 0 amide bonds. The quantitative estimate of drug-likeness (QED) is 0.602. The highest BCUT2D eigenvalue weighted by atomic mass is 16.3. The van der Waals surface area contributed by atoms with Crippen LogP contribution in [0, 0.1) is 23.7 Å². The van der Waals surface area contributed by atoms with Gasteiger partial charge in [0.15, 0.2) is 11.6 Å². The SMILES string of the molecule is C[C@]1(O)C(=O)C=CC2C1[C@@H]1C=C[C@H]2C(=O)[C@]1(C)O. The average molecular weight is 248 g/mol. The van der Waals surface area contributed by atoms with Gasteiger partial charge in [-0.2, -0.15) is 0 Å². The number of carbonyl (C=O) groups is 2. The first-order valence-corrected chi connectivity index (χ1v) is 6.18. The molecule has 4 rings (SSSR count). The molecule has 4 heteroatoms. The number of fused-ring (bicyclic) bond motifs is 1. The lowest BCUT2D eigenvalue weighted by Gasteiger charge is -2.55. The van der Waals surface area contributed by atoms with Crippen LogP contribution in [0.2, 0.25) is 0 Å². The molecule has 18 heavy (non-hydrogen) atoms. The Morgan fingerprint density at radius 3 is 2.39 bits per heavy atom. The Labute approximate surface area is 105 Å². The van der Waals surface area contributed by atoms with Gasteiger partial charge in [-0.05, 0) is 25.8 Å². The van der Waals surface area contributed by atoms with E-state index in [1.54, 1.807) is 18.2 Å². The van der Waals surface area contributed by atoms with Crippen LogP contribution in [-0.4, -0.2) is 33.0 Å². The van der Waals surface area contributed by atoms with E-state index in [-0.39, 0.29) is 17.5 Å². The maximum absolute atomic E-state index is 12.2. The lowest BCUT2D eigenvalue weighted by atomic mass is 9.50. The van der Waals surface area contributed by atoms with Crippen LogP contribution in [0.15, 0.2) is 24.3 Å². The Hall–Kier alpha value is -1.26. The van der Waals surface area contributed by atoms with Crippen LogP contribution in [-0.2, 0) is 9.59 Å². The summed E-state index contributed by atoms with van der Waals surface area (Å²) in [6.45, 7) is 2.96. The van der Waals surface area contributed by atoms with Gasteiger partial charge in [-0.1, -0.05) is 18.2 Å². The van der Waals surface area contributed by atoms with Gasteiger partial charge in [-0.3, -0.25) is 9.59 Å². The number of hydrogen-bond acceptors (Lipinski definition) is 4. The maximum Gasteiger partial charge on any atom is 0.186 e. The highest BCUT2D eigenvalue weighted by molar-refractivity contribution is 6.00. The van der Waals surface area contributed by atoms with Gasteiger partial charge in [0.1, 0.15) is 11.2 Å². The second-order valence-electron chi connectivity index (χ2n) is 5.92. The van der Waals surface area contributed by atoms with Gasteiger partial charge in [0.2, 0.25) is 0 Å². The lowest BCUT2D eigenvalue weighted by molar-refractivity contribution is -0.175. The minimum Gasteiger partial charge on any atom is -0.382 e. The van der Waals surface area contributed by atoms with Crippen LogP contribution in [0.5, 0.6) is 0 Å². The minimum atomic E-state index is -1.52. The third-order valence-corrected chi connectivity index (χ3v) is 4.81. The summed E-state index contributed by atoms with van der Waals surface area (Å²) in [4.78, 5) is 24.0. The van der Waals surface area contributed by atoms with E-state index < -0.39 is 29.0 Å². The number of Topliss-reactive ketones (excluding diaryl/α,β-unsaturated/α-hetero) is 1. The maximum atomic E-state index is 12.2. The first kappa shape index (κ1) is 11.8. The first-order valence-electron chi connectivity index (χ1n) is 6.18. The molecule has 0 aromatic carbocycles. The van der Waals surface area contributed by atoms with Crippen molar-refractivity contribution in [1.29, 1.82) is 0 Å². The fourth-order valence-corrected chi connectivity index (χ4v) is 3.75. The van der Waals surface area contributed by atoms with Crippen molar-refractivity contribution in [2.24, 2.45) is 23.7 Å². The number of rotatable bonds is 0. The fourth-order valence-electron chi connectivity index (χ4n) is 3.75. The van der Waals surface area contributed by atoms with Crippen molar-refractivity contribution in [3.05, 3.63) is 24.3 Å². The molecular formula is C14H16O4. The molecule has 2 bridgehead atoms. The Balaban J connectivity index is 2.17. The number of aliphatic hydroxyl groups is 2. The number of hydrogen-bond donors (Lipinski definition) is 2. The first-order chi connectivity index (χ1) is 8.28. The molecule has 6 atom stereocenters. The number of ketones is 2. The smallest absolute Gasteiger partial charge is 0.186 e. The van der Waals surface area contributed by atoms with Gasteiger partial charge < -0.3 is 10.2 Å². The van der Waals surface area contributed by atoms with E-state index in [0.717, 1.165) is 0 Å². The van der Waals surface area contributed by atoms with Gasteiger partial charge in [0, 0.05) is 17.8 Å². The van der Waals surface area contributed by atoms with Crippen LogP contribution in [0.4, 0.5) is 0 Å². The molecule has 2 unspecified atom stereocenters. The summed E-state index contributed by atoms with van der Waals surface area (Å²) in [6.07, 6.45) is 6.63. The molecule has 0 aromatic heterocycles. The molecule has 0 saturated heterocycles. The molecule has 4 nitrogen and oxygen atoms in total. The zero-order valence-electron chi connectivity index (χ0n) is 10.3. The highest BCUT2D eigenvalue weighted by Crippen LogP contribution is 2.53. The Bertz CT molecular complexity index is 498. The molecule has 4 aliphatic carbocycles. The molecule has 0 aromatic rings. The second kappa shape index (κ2) is 3.19. The summed E-state index contributed by atoms with van der Waals surface area (Å²) in [5.41, 5.74) is -3.01. The average Bonchev–Trinajstić information content (AvgIpc) is 2.30. The highest BCUT2D eigenvalue weighted by Gasteiger charge is 2.62. The van der Waals surface area contributed by atoms with Crippen molar-refractivity contribution in [2.75, 3.05) is 0 Å². The summed E-state index contributed by atoms with van der Waals surface area (Å²) >= 11 is 0. The fraction of sp³-hybridized carbons (Fsp3) is 0.571. The van der Waals surface area contributed by atoms with Gasteiger partial charge >= 0.3 is 0 Å². The van der Waals surface area contributed by atoms with E-state index in [4.69, 9.17) is 0 Å². The van der Waals surface area contributed by atoms with Crippen molar-refractivity contribution >= 4 is 11.6 Å². The van der Waals surface area contributed by atoms with Crippen LogP contribution in [0.1, 0.15) is 13.8 Å². The molecule has 2 N–H and O–H groups in total. The van der Waals surface area contributed by atoms with E-state index in [1.165, 1.54) is 19.9 Å². The predicted octanol–water partition coefficient (Wildman–Crippen LogP) is 0.245. The summed E-state index contributed by atoms with van der Waals surface area (Å²) in [7, 11) is 0. The standard InChI is InChI=1S/C14H16O4/c1-13(17)9-5-3-8(12(13)16)7-4-6-10(15)14(2,18)11(7)9/h3-9,11,17-18H,1-2H3/t7?,8-,9+,11?,13-,14+/m1/s1. The van der Waals surface area contributed by atoms with Crippen LogP contribution in [0.25, 0.3) is 0 Å². The molecule has 0 heterocycles. The van der Waals surface area contributed by atoms with Gasteiger partial charge in [-0.25, -0.2) is 0 Å². The largest absolute Gasteiger partial charge is 0.382 e. The Morgan fingerprint density at radius 1 is 1.06 bits per heavy atom. The minimum absolute atomic E-state index is 0.194. The van der Waals surface area contributed by atoms with E-state index in [2.05, 4.69) is 0 Å². The zero-order valence-corrected chi connectivity index (χ0v) is 10.3. The van der Waals surface area contributed by atoms with Gasteiger partial charge in [0.25, 0.3) is 0 Å². The number of carbonyl (C=O) groups excluding carboxylic acids is 2. The summed E-state index contributed by atoms with van der Waals surface area (Å²) in [6, 6.07) is 0. The molecular weight excluding hydrogens is 232 g/mol. The van der Waals surface area contributed by atoms with Gasteiger partial charge in [-0.15, -0.1) is 0 Å². The third-order valence-electron chi connectivity index (χ3n) is 4.81. The lowest BCUT2D eigenvalue weighted by Crippen LogP contribution is -2.66. The van der Waals surface area contributed by atoms with E-state index in [0.29, 0.717) is 0 Å². The van der Waals surface area contributed by atoms with Crippen molar-refractivity contribution in [2.45, 2.75) is 25.0 Å². The molecule has 1 fully saturated rings. The summed E-state index contributed by atoms with van der Waals surface area (Å²) in [5, 5.41) is 20.8. The predicted molar refractivity (Wildman–Crippen MR) is 63.5 cm³/mol. The van der Waals surface area contributed by atoms with Crippen LogP contribution >= 0.6 is 0 Å². The van der Waals surface area contributed by atoms with Crippen molar-refractivity contribution in [3.63, 3.8) is 0 Å². The Morgan fingerprint density at radius 2 is 1.72 bits per heavy atom. The molecule has 96 valence electrons. The van der Waals surface area contributed by atoms with E-state index in [1.807, 2.05) is 0 Å². The zero-order chi connectivity index (χ0) is 13.3. The van der Waals surface area contributed by atoms with Crippen molar-refractivity contribution in [1.82, 2.24) is 0 Å².